The fraction of sp³-hybridized carbons (Fsp3) is 0.357. The minimum Gasteiger partial charge on any atom is -0.503 e. The Balaban J connectivity index is 1.70. The molecular weight excluding hydrogens is 562 g/mol. The van der Waals surface area contributed by atoms with Crippen molar-refractivity contribution in [2.45, 2.75) is 51.0 Å². The fourth-order valence-electron chi connectivity index (χ4n) is 4.38. The van der Waals surface area contributed by atoms with Crippen molar-refractivity contribution in [3.63, 3.8) is 0 Å². The number of rotatable bonds is 13. The number of hydrogen-bond donors (Lipinski definition) is 1. The molecule has 0 bridgehead atoms. The van der Waals surface area contributed by atoms with Crippen molar-refractivity contribution in [2.24, 2.45) is 0 Å². The monoisotopic (exact) mass is 597 g/mol. The maximum Gasteiger partial charge on any atom is 0.264 e. The van der Waals surface area contributed by atoms with E-state index in [-0.39, 0.29) is 24.8 Å². The highest BCUT2D eigenvalue weighted by molar-refractivity contribution is 7.86. The predicted octanol–water partition coefficient (Wildman–Crippen LogP) is 3.70. The van der Waals surface area contributed by atoms with Crippen LogP contribution in [0.4, 0.5) is 0 Å². The summed E-state index contributed by atoms with van der Waals surface area (Å²) in [6, 6.07) is 19.8. The molecule has 218 valence electrons. The van der Waals surface area contributed by atoms with E-state index in [1.165, 1.54) is 21.9 Å². The van der Waals surface area contributed by atoms with E-state index in [0.29, 0.717) is 6.61 Å². The number of aromatic hydroxyl groups is 1. The van der Waals surface area contributed by atoms with Gasteiger partial charge in [0.1, 0.15) is 19.2 Å². The minimum absolute atomic E-state index is 0.0311. The van der Waals surface area contributed by atoms with Crippen molar-refractivity contribution in [1.29, 1.82) is 0 Å². The van der Waals surface area contributed by atoms with Crippen LogP contribution >= 0.6 is 0 Å². The lowest BCUT2D eigenvalue weighted by Crippen LogP contribution is -2.32. The molecule has 0 aliphatic rings. The van der Waals surface area contributed by atoms with E-state index in [2.05, 4.69) is 34.8 Å². The van der Waals surface area contributed by atoms with Gasteiger partial charge in [0.25, 0.3) is 15.5 Å². The topological polar surface area (TPSA) is 138 Å². The van der Waals surface area contributed by atoms with Crippen LogP contribution in [0, 0.1) is 0 Å². The van der Waals surface area contributed by atoms with Crippen molar-refractivity contribution in [3.05, 3.63) is 94.5 Å². The van der Waals surface area contributed by atoms with Crippen molar-refractivity contribution in [2.75, 3.05) is 12.9 Å². The molecular formula is C28H35N5O6SSi. The molecule has 1 N–H and O–H groups in total. The molecule has 11 nitrogen and oxygen atoms in total. The maximum atomic E-state index is 13.0. The van der Waals surface area contributed by atoms with Crippen LogP contribution in [-0.4, -0.2) is 65.1 Å². The zero-order valence-corrected chi connectivity index (χ0v) is 25.4. The third kappa shape index (κ3) is 8.42. The highest BCUT2D eigenvalue weighted by Gasteiger charge is 2.31. The summed E-state index contributed by atoms with van der Waals surface area (Å²) in [6.45, 7) is 7.20. The van der Waals surface area contributed by atoms with Gasteiger partial charge in [0.15, 0.2) is 17.3 Å². The van der Waals surface area contributed by atoms with Crippen LogP contribution in [0.25, 0.3) is 11.5 Å². The first kappa shape index (κ1) is 30.3. The molecule has 0 radical (unpaired) electrons. The van der Waals surface area contributed by atoms with E-state index in [4.69, 9.17) is 8.92 Å². The molecule has 1 atom stereocenters. The molecule has 1 unspecified atom stereocenters. The van der Waals surface area contributed by atoms with Gasteiger partial charge in [0.05, 0.1) is 19.0 Å². The summed E-state index contributed by atoms with van der Waals surface area (Å²) in [4.78, 5) is 17.2. The van der Waals surface area contributed by atoms with Crippen LogP contribution < -0.4 is 5.43 Å². The number of hydrogen-bond acceptors (Lipinski definition) is 9. The second-order valence-electron chi connectivity index (χ2n) is 11.0. The molecule has 0 saturated heterocycles. The quantitative estimate of drug-likeness (QED) is 0.139. The summed E-state index contributed by atoms with van der Waals surface area (Å²) in [5.41, 5.74) is 0.788. The second kappa shape index (κ2) is 12.9. The van der Waals surface area contributed by atoms with Crippen LogP contribution in [0.1, 0.15) is 17.0 Å². The Kier molecular flexibility index (Phi) is 9.53. The van der Waals surface area contributed by atoms with Gasteiger partial charge in [-0.2, -0.15) is 18.6 Å². The van der Waals surface area contributed by atoms with E-state index in [1.807, 2.05) is 60.7 Å². The first-order valence-corrected chi connectivity index (χ1v) is 18.7. The third-order valence-corrected chi connectivity index (χ3v) is 8.64. The van der Waals surface area contributed by atoms with E-state index in [0.717, 1.165) is 23.4 Å². The Morgan fingerprint density at radius 2 is 1.61 bits per heavy atom. The highest BCUT2D eigenvalue weighted by atomic mass is 32.2. The lowest BCUT2D eigenvalue weighted by molar-refractivity contribution is 0.0769. The van der Waals surface area contributed by atoms with Crippen molar-refractivity contribution in [3.8, 4) is 17.3 Å². The summed E-state index contributed by atoms with van der Waals surface area (Å²) >= 11 is 0. The second-order valence-corrected chi connectivity index (χ2v) is 18.2. The zero-order chi connectivity index (χ0) is 29.6. The van der Waals surface area contributed by atoms with Gasteiger partial charge in [0.2, 0.25) is 0 Å². The van der Waals surface area contributed by atoms with Gasteiger partial charge in [-0.25, -0.2) is 14.3 Å². The molecule has 0 saturated carbocycles. The van der Waals surface area contributed by atoms with E-state index in [9.17, 15) is 18.3 Å². The molecule has 13 heteroatoms. The smallest absolute Gasteiger partial charge is 0.264 e. The maximum absolute atomic E-state index is 13.0. The summed E-state index contributed by atoms with van der Waals surface area (Å²) in [5, 5.41) is 19.0. The van der Waals surface area contributed by atoms with E-state index >= 15 is 0 Å². The summed E-state index contributed by atoms with van der Waals surface area (Å²) in [5.74, 6) is -0.963. The van der Waals surface area contributed by atoms with Gasteiger partial charge in [0, 0.05) is 20.6 Å². The van der Waals surface area contributed by atoms with Gasteiger partial charge < -0.3 is 9.84 Å². The Labute approximate surface area is 240 Å². The van der Waals surface area contributed by atoms with Crippen LogP contribution in [0.2, 0.25) is 25.7 Å². The molecule has 0 aliphatic heterocycles. The first-order chi connectivity index (χ1) is 19.4. The van der Waals surface area contributed by atoms with E-state index < -0.39 is 41.4 Å². The number of aromatic nitrogens is 5. The molecule has 0 amide bonds. The SMILES string of the molecule is C[Si](C)(C)CCOCn1cc(O)c(=O)c(-c2ncnn2CC(OS(C)(=O)=O)C(c2ccccc2)c2ccccc2)n1. The van der Waals surface area contributed by atoms with Gasteiger partial charge >= 0.3 is 0 Å². The summed E-state index contributed by atoms with van der Waals surface area (Å²) in [7, 11) is -5.21. The minimum atomic E-state index is -3.91. The first-order valence-electron chi connectivity index (χ1n) is 13.2. The molecule has 2 aromatic carbocycles. The molecule has 0 fully saturated rings. The van der Waals surface area contributed by atoms with Gasteiger partial charge in [-0.15, -0.1) is 0 Å². The van der Waals surface area contributed by atoms with E-state index in [1.54, 1.807) is 0 Å². The number of nitrogens with zero attached hydrogens (tertiary/aromatic N) is 5. The van der Waals surface area contributed by atoms with Crippen LogP contribution in [0.5, 0.6) is 5.75 Å². The lowest BCUT2D eigenvalue weighted by Gasteiger charge is -2.27. The van der Waals surface area contributed by atoms with Crippen LogP contribution in [0.15, 0.2) is 78.0 Å². The van der Waals surface area contributed by atoms with Crippen molar-refractivity contribution in [1.82, 2.24) is 24.5 Å². The normalized spacial score (nSPS) is 13.0. The lowest BCUT2D eigenvalue weighted by atomic mass is 9.86. The Morgan fingerprint density at radius 1 is 1.00 bits per heavy atom. The van der Waals surface area contributed by atoms with Crippen LogP contribution in [-0.2, 0) is 32.3 Å². The van der Waals surface area contributed by atoms with Crippen molar-refractivity contribution < 1.29 is 22.4 Å². The van der Waals surface area contributed by atoms with Crippen LogP contribution in [0.3, 0.4) is 0 Å². The molecule has 0 aliphatic carbocycles. The van der Waals surface area contributed by atoms with Gasteiger partial charge in [-0.1, -0.05) is 80.3 Å². The average molecular weight is 598 g/mol. The van der Waals surface area contributed by atoms with Gasteiger partial charge in [-0.05, 0) is 17.2 Å². The third-order valence-electron chi connectivity index (χ3n) is 6.34. The molecule has 2 heterocycles. The average Bonchev–Trinajstić information content (AvgIpc) is 3.36. The molecule has 4 aromatic rings. The molecule has 41 heavy (non-hydrogen) atoms. The Morgan fingerprint density at radius 3 is 2.17 bits per heavy atom. The standard InChI is InChI=1S/C28H35N5O6SSi/c1-40(36,37)39-24(25(21-11-7-5-8-12-21)22-13-9-6-10-14-22)18-33-28(29-19-30-33)26-27(35)23(34)17-32(31-26)20-38-15-16-41(2,3)4/h5-14,17,19,24-25,34H,15-16,18,20H2,1-4H3. The molecule has 0 spiro atoms. The van der Waals surface area contributed by atoms with Gasteiger partial charge in [-0.3, -0.25) is 8.98 Å². The number of ether oxygens (including phenoxy) is 1. The van der Waals surface area contributed by atoms with Crippen molar-refractivity contribution >= 4 is 18.2 Å². The predicted molar refractivity (Wildman–Crippen MR) is 158 cm³/mol. The summed E-state index contributed by atoms with van der Waals surface area (Å²) in [6.07, 6.45) is 2.48. The number of benzene rings is 2. The fourth-order valence-corrected chi connectivity index (χ4v) is 5.76. The molecule has 2 aromatic heterocycles. The largest absolute Gasteiger partial charge is 0.503 e. The Hall–Kier alpha value is -3.65. The summed E-state index contributed by atoms with van der Waals surface area (Å²) < 4.78 is 39.0. The Bertz CT molecular complexity index is 1560. The zero-order valence-electron chi connectivity index (χ0n) is 23.5. The highest BCUT2D eigenvalue weighted by Crippen LogP contribution is 2.32. The molecule has 4 rings (SSSR count).